The zero-order valence-corrected chi connectivity index (χ0v) is 20.8. The Hall–Kier alpha value is -3.93. The van der Waals surface area contributed by atoms with E-state index in [9.17, 15) is 14.3 Å². The van der Waals surface area contributed by atoms with Crippen molar-refractivity contribution < 1.29 is 14.3 Å². The number of aromatic nitrogens is 1. The largest absolute Gasteiger partial charge is 0.481 e. The summed E-state index contributed by atoms with van der Waals surface area (Å²) in [6.45, 7) is 10.2. The molecule has 4 aromatic rings. The first-order valence-electron chi connectivity index (χ1n) is 11.8. The number of hydrogen-bond acceptors (Lipinski definition) is 3. The van der Waals surface area contributed by atoms with E-state index in [0.29, 0.717) is 16.8 Å². The molecule has 6 heteroatoms. The van der Waals surface area contributed by atoms with Gasteiger partial charge in [0.1, 0.15) is 5.82 Å². The number of benzene rings is 3. The molecule has 4 rings (SSSR count). The molecule has 0 unspecified atom stereocenters. The Labute approximate surface area is 205 Å². The molecule has 0 saturated heterocycles. The number of carboxylic acid groups (broad SMARTS) is 1. The molecule has 35 heavy (non-hydrogen) atoms. The molecule has 182 valence electrons. The Morgan fingerprint density at radius 3 is 2.34 bits per heavy atom. The van der Waals surface area contributed by atoms with Crippen LogP contribution in [0.2, 0.25) is 0 Å². The van der Waals surface area contributed by atoms with Gasteiger partial charge in [0.15, 0.2) is 0 Å². The Bertz CT molecular complexity index is 1390. The van der Waals surface area contributed by atoms with Crippen LogP contribution in [0.5, 0.6) is 0 Å². The monoisotopic (exact) mass is 473 g/mol. The molecule has 0 radical (unpaired) electrons. The number of aryl methyl sites for hydroxylation is 1. The van der Waals surface area contributed by atoms with E-state index in [1.165, 1.54) is 18.3 Å². The normalized spacial score (nSPS) is 10.8. The predicted octanol–water partition coefficient (Wildman–Crippen LogP) is 7.10. The lowest BCUT2D eigenvalue weighted by molar-refractivity contribution is -0.136. The molecule has 1 heterocycles. The highest BCUT2D eigenvalue weighted by molar-refractivity contribution is 6.05. The van der Waals surface area contributed by atoms with Crippen LogP contribution in [0.1, 0.15) is 56.0 Å². The second kappa shape index (κ2) is 10.6. The van der Waals surface area contributed by atoms with Gasteiger partial charge in [0.25, 0.3) is 0 Å². The number of rotatable bonds is 6. The number of halogens is 1. The fourth-order valence-electron chi connectivity index (χ4n) is 4.43. The van der Waals surface area contributed by atoms with Crippen molar-refractivity contribution in [3.63, 3.8) is 0 Å². The van der Waals surface area contributed by atoms with E-state index < -0.39 is 5.97 Å². The Kier molecular flexibility index (Phi) is 7.75. The molecule has 3 aromatic carbocycles. The first-order chi connectivity index (χ1) is 16.7. The number of carbonyl (C=O) groups is 1. The van der Waals surface area contributed by atoms with Crippen molar-refractivity contribution in [3.05, 3.63) is 82.8 Å². The van der Waals surface area contributed by atoms with Gasteiger partial charge in [-0.05, 0) is 65.9 Å². The molecule has 0 saturated carbocycles. The number of aliphatic carboxylic acids is 1. The van der Waals surface area contributed by atoms with E-state index in [1.807, 2.05) is 51.1 Å². The van der Waals surface area contributed by atoms with Crippen molar-refractivity contribution in [1.82, 2.24) is 4.57 Å². The number of nitrogen functional groups attached to an aromatic ring is 1. The minimum absolute atomic E-state index is 0.0685. The molecule has 5 nitrogen and oxygen atoms in total. The number of nitrogens with zero attached hydrogens (tertiary/aromatic N) is 1. The lowest BCUT2D eigenvalue weighted by Crippen LogP contribution is -2.04. The quantitative estimate of drug-likeness (QED) is 0.206. The number of hydrogen-bond donors (Lipinski definition) is 3. The molecule has 0 bridgehead atoms. The summed E-state index contributed by atoms with van der Waals surface area (Å²) in [5, 5.41) is 18.0. The fraction of sp³-hybridized carbons (Fsp3) is 0.241. The van der Waals surface area contributed by atoms with Gasteiger partial charge in [-0.2, -0.15) is 0 Å². The van der Waals surface area contributed by atoms with E-state index in [4.69, 9.17) is 11.1 Å². The van der Waals surface area contributed by atoms with E-state index >= 15 is 0 Å². The van der Waals surface area contributed by atoms with Gasteiger partial charge in [0.2, 0.25) is 0 Å². The number of anilines is 1. The first kappa shape index (κ1) is 25.7. The van der Waals surface area contributed by atoms with E-state index in [0.717, 1.165) is 39.0 Å². The highest BCUT2D eigenvalue weighted by atomic mass is 19.1. The molecule has 0 fully saturated rings. The van der Waals surface area contributed by atoms with E-state index in [2.05, 4.69) is 18.4 Å². The zero-order valence-electron chi connectivity index (χ0n) is 20.8. The SMILES string of the molecule is CC.Cc1ccc(CC(=O)O)cc1-c1c(C(C)C)n(-c2ccc(F)cc2)c2cc(C=N)c(N)cc12. The highest BCUT2D eigenvalue weighted by Gasteiger charge is 2.24. The van der Waals surface area contributed by atoms with Crippen molar-refractivity contribution in [3.8, 4) is 16.8 Å². The van der Waals surface area contributed by atoms with Gasteiger partial charge in [-0.3, -0.25) is 4.79 Å². The van der Waals surface area contributed by atoms with E-state index in [1.54, 1.807) is 12.1 Å². The van der Waals surface area contributed by atoms with Crippen molar-refractivity contribution in [2.45, 2.75) is 47.0 Å². The van der Waals surface area contributed by atoms with Gasteiger partial charge >= 0.3 is 5.97 Å². The third kappa shape index (κ3) is 4.97. The summed E-state index contributed by atoms with van der Waals surface area (Å²) in [5.41, 5.74) is 13.7. The minimum Gasteiger partial charge on any atom is -0.481 e. The third-order valence-corrected chi connectivity index (χ3v) is 5.92. The van der Waals surface area contributed by atoms with Crippen molar-refractivity contribution in [1.29, 1.82) is 5.41 Å². The molecule has 0 aliphatic heterocycles. The minimum atomic E-state index is -0.887. The van der Waals surface area contributed by atoms with Gasteiger partial charge in [-0.25, -0.2) is 4.39 Å². The molecule has 0 atom stereocenters. The topological polar surface area (TPSA) is 92.1 Å². The maximum atomic E-state index is 13.7. The van der Waals surface area contributed by atoms with Crippen LogP contribution in [0.25, 0.3) is 27.7 Å². The summed E-state index contributed by atoms with van der Waals surface area (Å²) in [4.78, 5) is 11.3. The molecule has 0 spiro atoms. The fourth-order valence-corrected chi connectivity index (χ4v) is 4.43. The average molecular weight is 474 g/mol. The van der Waals surface area contributed by atoms with Gasteiger partial charge in [0.05, 0.1) is 11.9 Å². The number of nitrogens with two attached hydrogens (primary N) is 1. The van der Waals surface area contributed by atoms with Crippen LogP contribution in [-0.2, 0) is 11.2 Å². The van der Waals surface area contributed by atoms with Crippen molar-refractivity contribution >= 4 is 28.8 Å². The first-order valence-corrected chi connectivity index (χ1v) is 11.8. The third-order valence-electron chi connectivity index (χ3n) is 5.92. The lowest BCUT2D eigenvalue weighted by atomic mass is 9.91. The van der Waals surface area contributed by atoms with Crippen LogP contribution >= 0.6 is 0 Å². The molecule has 4 N–H and O–H groups in total. The van der Waals surface area contributed by atoms with Gasteiger partial charge in [-0.15, -0.1) is 0 Å². The molecular formula is C29H32FN3O2. The number of fused-ring (bicyclic) bond motifs is 1. The second-order valence-electron chi connectivity index (χ2n) is 8.59. The number of carboxylic acids is 1. The van der Waals surface area contributed by atoms with Crippen molar-refractivity contribution in [2.75, 3.05) is 5.73 Å². The summed E-state index contributed by atoms with van der Waals surface area (Å²) in [7, 11) is 0. The van der Waals surface area contributed by atoms with Crippen LogP contribution in [0.15, 0.2) is 54.6 Å². The Morgan fingerprint density at radius 2 is 1.77 bits per heavy atom. The molecule has 0 amide bonds. The summed E-state index contributed by atoms with van der Waals surface area (Å²) >= 11 is 0. The van der Waals surface area contributed by atoms with Crippen LogP contribution in [-0.4, -0.2) is 21.9 Å². The van der Waals surface area contributed by atoms with Crippen LogP contribution in [0, 0.1) is 18.2 Å². The smallest absolute Gasteiger partial charge is 0.307 e. The van der Waals surface area contributed by atoms with Gasteiger partial charge in [-0.1, -0.05) is 45.9 Å². The second-order valence-corrected chi connectivity index (χ2v) is 8.59. The number of nitrogens with one attached hydrogen (secondary N) is 1. The van der Waals surface area contributed by atoms with Gasteiger partial charge < -0.3 is 20.8 Å². The Morgan fingerprint density at radius 1 is 1.11 bits per heavy atom. The molecule has 0 aliphatic rings. The van der Waals surface area contributed by atoms with Crippen LogP contribution < -0.4 is 5.73 Å². The summed E-state index contributed by atoms with van der Waals surface area (Å²) in [5.74, 6) is -1.12. The zero-order chi connectivity index (χ0) is 25.9. The van der Waals surface area contributed by atoms with Crippen LogP contribution in [0.3, 0.4) is 0 Å². The lowest BCUT2D eigenvalue weighted by Gasteiger charge is -2.17. The molecular weight excluding hydrogens is 441 g/mol. The standard InChI is InChI=1S/C27H26FN3O2.C2H6/c1-15(2)27-26(21-10-17(11-25(32)33)5-4-16(21)3)22-13-23(30)18(14-29)12-24(22)31(27)20-8-6-19(28)7-9-20;1-2/h4-10,12-15,29H,11,30H2,1-3H3,(H,32,33);1-2H3. The van der Waals surface area contributed by atoms with Crippen molar-refractivity contribution in [2.24, 2.45) is 0 Å². The summed E-state index contributed by atoms with van der Waals surface area (Å²) < 4.78 is 15.8. The molecule has 1 aromatic heterocycles. The maximum Gasteiger partial charge on any atom is 0.307 e. The van der Waals surface area contributed by atoms with Crippen LogP contribution in [0.4, 0.5) is 10.1 Å². The Balaban J connectivity index is 0.00000167. The molecule has 0 aliphatic carbocycles. The summed E-state index contributed by atoms with van der Waals surface area (Å²) in [6.07, 6.45) is 1.16. The average Bonchev–Trinajstić information content (AvgIpc) is 3.15. The maximum absolute atomic E-state index is 13.7. The predicted molar refractivity (Wildman–Crippen MR) is 142 cm³/mol. The summed E-state index contributed by atoms with van der Waals surface area (Å²) in [6, 6.07) is 15.8. The van der Waals surface area contributed by atoms with E-state index in [-0.39, 0.29) is 18.2 Å². The van der Waals surface area contributed by atoms with Gasteiger partial charge in [0, 0.05) is 39.8 Å². The highest BCUT2D eigenvalue weighted by Crippen LogP contribution is 2.43.